The van der Waals surface area contributed by atoms with Gasteiger partial charge in [-0.2, -0.15) is 0 Å². The number of hydrogen-bond acceptors (Lipinski definition) is 5. The van der Waals surface area contributed by atoms with E-state index >= 15 is 0 Å². The van der Waals surface area contributed by atoms with Gasteiger partial charge in [-0.1, -0.05) is 36.0 Å². The third-order valence-corrected chi connectivity index (χ3v) is 5.35. The highest BCUT2D eigenvalue weighted by Crippen LogP contribution is 2.21. The average Bonchev–Trinajstić information content (AvgIpc) is 2.71. The van der Waals surface area contributed by atoms with E-state index in [-0.39, 0.29) is 5.56 Å². The predicted octanol–water partition coefficient (Wildman–Crippen LogP) is 4.57. The van der Waals surface area contributed by atoms with E-state index in [1.165, 1.54) is 11.8 Å². The van der Waals surface area contributed by atoms with E-state index in [0.29, 0.717) is 34.2 Å². The topological polar surface area (TPSA) is 57.0 Å². The maximum absolute atomic E-state index is 13.2. The van der Waals surface area contributed by atoms with Crippen LogP contribution in [0.15, 0.2) is 76.8 Å². The van der Waals surface area contributed by atoms with Crippen LogP contribution < -0.4 is 10.3 Å². The van der Waals surface area contributed by atoms with Gasteiger partial charge >= 0.3 is 0 Å². The number of nitrogens with zero attached hydrogens (tertiary/aromatic N) is 3. The SMILES string of the molecule is Cc1cccc(OCCSc2nc3ccccc3c(=O)n2-c2cc(C)ccn2)c1. The number of aryl methyl sites for hydroxylation is 2. The van der Waals surface area contributed by atoms with Crippen molar-refractivity contribution in [2.45, 2.75) is 19.0 Å². The molecule has 2 aromatic heterocycles. The summed E-state index contributed by atoms with van der Waals surface area (Å²) in [6.07, 6.45) is 1.71. The van der Waals surface area contributed by atoms with Crippen molar-refractivity contribution in [3.63, 3.8) is 0 Å². The predicted molar refractivity (Wildman–Crippen MR) is 117 cm³/mol. The molecule has 0 saturated carbocycles. The van der Waals surface area contributed by atoms with Gasteiger partial charge in [-0.15, -0.1) is 0 Å². The number of benzene rings is 2. The van der Waals surface area contributed by atoms with Gasteiger partial charge in [-0.25, -0.2) is 14.5 Å². The fraction of sp³-hybridized carbons (Fsp3) is 0.174. The zero-order valence-corrected chi connectivity index (χ0v) is 17.1. The summed E-state index contributed by atoms with van der Waals surface area (Å²) in [5.74, 6) is 2.08. The molecule has 5 nitrogen and oxygen atoms in total. The van der Waals surface area contributed by atoms with Gasteiger partial charge < -0.3 is 4.74 Å². The van der Waals surface area contributed by atoms with Crippen LogP contribution in [0.2, 0.25) is 0 Å². The maximum Gasteiger partial charge on any atom is 0.267 e. The Kier molecular flexibility index (Phi) is 5.62. The molecule has 0 spiro atoms. The van der Waals surface area contributed by atoms with Crippen LogP contribution in [0.3, 0.4) is 0 Å². The van der Waals surface area contributed by atoms with E-state index < -0.39 is 0 Å². The van der Waals surface area contributed by atoms with Crippen LogP contribution in [0, 0.1) is 13.8 Å². The Bertz CT molecular complexity index is 1220. The molecule has 0 bridgehead atoms. The van der Waals surface area contributed by atoms with E-state index in [9.17, 15) is 4.79 Å². The number of hydrogen-bond donors (Lipinski definition) is 0. The maximum atomic E-state index is 13.2. The molecule has 4 aromatic rings. The molecule has 0 aliphatic carbocycles. The summed E-state index contributed by atoms with van der Waals surface area (Å²) < 4.78 is 7.43. The Morgan fingerprint density at radius 2 is 1.83 bits per heavy atom. The van der Waals surface area contributed by atoms with Crippen molar-refractivity contribution in [1.82, 2.24) is 14.5 Å². The first-order valence-electron chi connectivity index (χ1n) is 9.39. The first kappa shape index (κ1) is 19.2. The van der Waals surface area contributed by atoms with E-state index in [2.05, 4.69) is 4.98 Å². The van der Waals surface area contributed by atoms with Crippen LogP contribution in [0.5, 0.6) is 5.75 Å². The molecule has 2 aromatic carbocycles. The van der Waals surface area contributed by atoms with Crippen molar-refractivity contribution >= 4 is 22.7 Å². The minimum atomic E-state index is -0.115. The molecule has 6 heteroatoms. The third-order valence-electron chi connectivity index (χ3n) is 4.45. The van der Waals surface area contributed by atoms with Gasteiger partial charge in [0.05, 0.1) is 17.5 Å². The minimum absolute atomic E-state index is 0.115. The zero-order valence-electron chi connectivity index (χ0n) is 16.3. The summed E-state index contributed by atoms with van der Waals surface area (Å²) in [6.45, 7) is 4.53. The molecule has 4 rings (SSSR count). The largest absolute Gasteiger partial charge is 0.493 e. The van der Waals surface area contributed by atoms with Crippen molar-refractivity contribution in [1.29, 1.82) is 0 Å². The molecule has 0 saturated heterocycles. The van der Waals surface area contributed by atoms with Gasteiger partial charge in [0, 0.05) is 11.9 Å². The van der Waals surface area contributed by atoms with Crippen molar-refractivity contribution in [3.05, 3.63) is 88.3 Å². The number of aromatic nitrogens is 3. The van der Waals surface area contributed by atoms with Gasteiger partial charge in [0.1, 0.15) is 11.6 Å². The quantitative estimate of drug-likeness (QED) is 0.268. The standard InChI is InChI=1S/C23H21N3O2S/c1-16-6-5-7-18(14-16)28-12-13-29-23-25-20-9-4-3-8-19(20)22(27)26(23)21-15-17(2)10-11-24-21/h3-11,14-15H,12-13H2,1-2H3. The molecule has 0 aliphatic rings. The first-order valence-corrected chi connectivity index (χ1v) is 10.4. The molecule has 0 N–H and O–H groups in total. The number of fused-ring (bicyclic) bond motifs is 1. The molecular formula is C23H21N3O2S. The van der Waals surface area contributed by atoms with Crippen LogP contribution in [0.25, 0.3) is 16.7 Å². The van der Waals surface area contributed by atoms with Gasteiger partial charge in [0.25, 0.3) is 5.56 Å². The molecule has 0 aliphatic heterocycles. The van der Waals surface area contributed by atoms with Crippen LogP contribution in [-0.4, -0.2) is 26.9 Å². The summed E-state index contributed by atoms with van der Waals surface area (Å²) in [6, 6.07) is 19.2. The van der Waals surface area contributed by atoms with E-state index in [4.69, 9.17) is 9.72 Å². The normalized spacial score (nSPS) is 11.0. The molecule has 29 heavy (non-hydrogen) atoms. The highest BCUT2D eigenvalue weighted by molar-refractivity contribution is 7.99. The molecule has 146 valence electrons. The lowest BCUT2D eigenvalue weighted by Gasteiger charge is -2.13. The molecule has 2 heterocycles. The Morgan fingerprint density at radius 1 is 1.00 bits per heavy atom. The van der Waals surface area contributed by atoms with E-state index in [1.807, 2.05) is 68.4 Å². The van der Waals surface area contributed by atoms with Crippen LogP contribution >= 0.6 is 11.8 Å². The Balaban J connectivity index is 1.63. The second-order valence-corrected chi connectivity index (χ2v) is 7.82. The lowest BCUT2D eigenvalue weighted by molar-refractivity contribution is 0.343. The summed E-state index contributed by atoms with van der Waals surface area (Å²) in [7, 11) is 0. The van der Waals surface area contributed by atoms with E-state index in [1.54, 1.807) is 16.8 Å². The van der Waals surface area contributed by atoms with Gasteiger partial charge in [0.15, 0.2) is 5.16 Å². The molecule has 0 radical (unpaired) electrons. The van der Waals surface area contributed by atoms with Crippen molar-refractivity contribution in [3.8, 4) is 11.6 Å². The number of pyridine rings is 1. The summed E-state index contributed by atoms with van der Waals surface area (Å²) >= 11 is 1.49. The van der Waals surface area contributed by atoms with Gasteiger partial charge in [-0.3, -0.25) is 4.79 Å². The molecule has 0 fully saturated rings. The minimum Gasteiger partial charge on any atom is -0.493 e. The van der Waals surface area contributed by atoms with E-state index in [0.717, 1.165) is 16.9 Å². The smallest absolute Gasteiger partial charge is 0.267 e. The van der Waals surface area contributed by atoms with Crippen molar-refractivity contribution in [2.75, 3.05) is 12.4 Å². The summed E-state index contributed by atoms with van der Waals surface area (Å²) in [4.78, 5) is 22.3. The van der Waals surface area contributed by atoms with Gasteiger partial charge in [-0.05, 0) is 61.4 Å². The Morgan fingerprint density at radius 3 is 2.66 bits per heavy atom. The van der Waals surface area contributed by atoms with Crippen LogP contribution in [-0.2, 0) is 0 Å². The lowest BCUT2D eigenvalue weighted by Crippen LogP contribution is -2.23. The van der Waals surface area contributed by atoms with Crippen molar-refractivity contribution in [2.24, 2.45) is 0 Å². The summed E-state index contributed by atoms with van der Waals surface area (Å²) in [5.41, 5.74) is 2.76. The highest BCUT2D eigenvalue weighted by Gasteiger charge is 2.14. The molecule has 0 atom stereocenters. The van der Waals surface area contributed by atoms with Crippen molar-refractivity contribution < 1.29 is 4.74 Å². The Hall–Kier alpha value is -3.12. The fourth-order valence-electron chi connectivity index (χ4n) is 3.05. The lowest BCUT2D eigenvalue weighted by atomic mass is 10.2. The van der Waals surface area contributed by atoms with Crippen LogP contribution in [0.4, 0.5) is 0 Å². The Labute approximate surface area is 173 Å². The second kappa shape index (κ2) is 8.49. The molecular weight excluding hydrogens is 382 g/mol. The highest BCUT2D eigenvalue weighted by atomic mass is 32.2. The number of thioether (sulfide) groups is 1. The fourth-order valence-corrected chi connectivity index (χ4v) is 3.87. The zero-order chi connectivity index (χ0) is 20.2. The number of rotatable bonds is 6. The first-order chi connectivity index (χ1) is 14.1. The van der Waals surface area contributed by atoms with Crippen LogP contribution in [0.1, 0.15) is 11.1 Å². The average molecular weight is 404 g/mol. The number of ether oxygens (including phenoxy) is 1. The van der Waals surface area contributed by atoms with Gasteiger partial charge in [0.2, 0.25) is 0 Å². The second-order valence-electron chi connectivity index (χ2n) is 6.76. The molecule has 0 unspecified atom stereocenters. The summed E-state index contributed by atoms with van der Waals surface area (Å²) in [5, 5.41) is 1.19. The third kappa shape index (κ3) is 4.32. The monoisotopic (exact) mass is 403 g/mol. The number of para-hydroxylation sites is 1. The molecule has 0 amide bonds.